The highest BCUT2D eigenvalue weighted by Crippen LogP contribution is 2.13. The molecule has 2 aromatic rings. The van der Waals surface area contributed by atoms with E-state index in [0.717, 1.165) is 23.2 Å². The summed E-state index contributed by atoms with van der Waals surface area (Å²) >= 11 is 6.96. The molecule has 0 radical (unpaired) electrons. The number of hydrogen-bond donors (Lipinski definition) is 0. The molecule has 0 saturated heterocycles. The van der Waals surface area contributed by atoms with Crippen molar-refractivity contribution in [2.45, 2.75) is 12.8 Å². The fourth-order valence-corrected chi connectivity index (χ4v) is 5.40. The van der Waals surface area contributed by atoms with Crippen molar-refractivity contribution in [3.8, 4) is 0 Å². The SMILES string of the molecule is C=CCCCO[Si](Cl)(c1ccccc1)c1ccccc1. The zero-order valence-corrected chi connectivity index (χ0v) is 13.2. The van der Waals surface area contributed by atoms with E-state index in [-0.39, 0.29) is 0 Å². The zero-order valence-electron chi connectivity index (χ0n) is 11.5. The Kier molecular flexibility index (Phi) is 5.59. The molecule has 2 rings (SSSR count). The van der Waals surface area contributed by atoms with Crippen molar-refractivity contribution in [1.29, 1.82) is 0 Å². The molecule has 0 N–H and O–H groups in total. The molecule has 0 unspecified atom stereocenters. The number of unbranched alkanes of at least 4 members (excludes halogenated alkanes) is 1. The molecule has 1 nitrogen and oxygen atoms in total. The largest absolute Gasteiger partial charge is 0.397 e. The summed E-state index contributed by atoms with van der Waals surface area (Å²) in [5.41, 5.74) is 0. The summed E-state index contributed by atoms with van der Waals surface area (Å²) in [6.07, 6.45) is 3.81. The molecule has 0 amide bonds. The van der Waals surface area contributed by atoms with Crippen LogP contribution in [0.2, 0.25) is 0 Å². The molecule has 0 atom stereocenters. The van der Waals surface area contributed by atoms with Crippen LogP contribution in [-0.2, 0) is 4.43 Å². The van der Waals surface area contributed by atoms with E-state index in [2.05, 4.69) is 30.8 Å². The van der Waals surface area contributed by atoms with Crippen LogP contribution < -0.4 is 10.4 Å². The van der Waals surface area contributed by atoms with E-state index in [0.29, 0.717) is 6.61 Å². The van der Waals surface area contributed by atoms with Gasteiger partial charge in [-0.15, -0.1) is 17.7 Å². The second-order valence-electron chi connectivity index (χ2n) is 4.61. The summed E-state index contributed by atoms with van der Waals surface area (Å²) in [6.45, 7) is 4.39. The van der Waals surface area contributed by atoms with Gasteiger partial charge < -0.3 is 4.43 Å². The number of halogens is 1. The molecule has 2 aromatic carbocycles. The minimum atomic E-state index is -2.61. The topological polar surface area (TPSA) is 9.23 Å². The van der Waals surface area contributed by atoms with Crippen LogP contribution >= 0.6 is 11.1 Å². The fraction of sp³-hybridized carbons (Fsp3) is 0.176. The van der Waals surface area contributed by atoms with Crippen LogP contribution in [0, 0.1) is 0 Å². The molecule has 0 aliphatic carbocycles. The molecule has 3 heteroatoms. The molecule has 0 bridgehead atoms. The maximum Gasteiger partial charge on any atom is 0.355 e. The Morgan fingerprint density at radius 1 is 0.950 bits per heavy atom. The summed E-state index contributed by atoms with van der Waals surface area (Å²) in [5.74, 6) is 0. The molecule has 0 aromatic heterocycles. The van der Waals surface area contributed by atoms with Crippen molar-refractivity contribution in [2.75, 3.05) is 6.61 Å². The number of hydrogen-bond acceptors (Lipinski definition) is 1. The summed E-state index contributed by atoms with van der Waals surface area (Å²) < 4.78 is 6.16. The van der Waals surface area contributed by atoms with Gasteiger partial charge in [0.25, 0.3) is 0 Å². The third kappa shape index (κ3) is 3.60. The lowest BCUT2D eigenvalue weighted by Crippen LogP contribution is -2.56. The highest BCUT2D eigenvalue weighted by atomic mass is 35.6. The molecule has 0 saturated carbocycles. The summed E-state index contributed by atoms with van der Waals surface area (Å²) in [6, 6.07) is 20.3. The van der Waals surface area contributed by atoms with Crippen molar-refractivity contribution >= 4 is 29.1 Å². The molecule has 0 aliphatic rings. The van der Waals surface area contributed by atoms with Gasteiger partial charge >= 0.3 is 7.63 Å². The Hall–Kier alpha value is -1.35. The van der Waals surface area contributed by atoms with E-state index in [1.54, 1.807) is 0 Å². The first-order chi connectivity index (χ1) is 9.77. The Balaban J connectivity index is 2.26. The van der Waals surface area contributed by atoms with Gasteiger partial charge in [0.15, 0.2) is 0 Å². The van der Waals surface area contributed by atoms with Gasteiger partial charge in [0, 0.05) is 6.61 Å². The number of rotatable bonds is 7. The van der Waals surface area contributed by atoms with E-state index in [4.69, 9.17) is 15.5 Å². The summed E-state index contributed by atoms with van der Waals surface area (Å²) in [7, 11) is -2.61. The average Bonchev–Trinajstić information content (AvgIpc) is 2.53. The van der Waals surface area contributed by atoms with Gasteiger partial charge in [-0.05, 0) is 23.2 Å². The van der Waals surface area contributed by atoms with Gasteiger partial charge in [0.1, 0.15) is 0 Å². The van der Waals surface area contributed by atoms with Crippen LogP contribution in [0.3, 0.4) is 0 Å². The van der Waals surface area contributed by atoms with Gasteiger partial charge in [0.2, 0.25) is 0 Å². The molecule has 0 fully saturated rings. The number of benzene rings is 2. The Labute approximate surface area is 126 Å². The van der Waals surface area contributed by atoms with Gasteiger partial charge in [-0.25, -0.2) is 0 Å². The second-order valence-corrected chi connectivity index (χ2v) is 8.84. The molecular weight excluding hydrogens is 284 g/mol. The Morgan fingerprint density at radius 2 is 1.45 bits per heavy atom. The Morgan fingerprint density at radius 3 is 1.90 bits per heavy atom. The van der Waals surface area contributed by atoms with Crippen LogP contribution in [-0.4, -0.2) is 14.2 Å². The van der Waals surface area contributed by atoms with Gasteiger partial charge in [-0.2, -0.15) is 0 Å². The van der Waals surface area contributed by atoms with Gasteiger partial charge in [0.05, 0.1) is 0 Å². The van der Waals surface area contributed by atoms with E-state index in [1.165, 1.54) is 0 Å². The highest BCUT2D eigenvalue weighted by Gasteiger charge is 2.37. The third-order valence-corrected chi connectivity index (χ3v) is 7.53. The highest BCUT2D eigenvalue weighted by molar-refractivity contribution is 7.30. The molecule has 0 heterocycles. The van der Waals surface area contributed by atoms with Crippen molar-refractivity contribution < 1.29 is 4.43 Å². The average molecular weight is 303 g/mol. The first-order valence-corrected chi connectivity index (χ1v) is 9.74. The van der Waals surface area contributed by atoms with Crippen molar-refractivity contribution in [3.05, 3.63) is 73.3 Å². The Bertz CT molecular complexity index is 488. The standard InChI is InChI=1S/C17H19ClOSi/c1-2-3-10-15-19-20(18,16-11-6-4-7-12-16)17-13-8-5-9-14-17/h2,4-9,11-14H,1,3,10,15H2. The van der Waals surface area contributed by atoms with E-state index in [9.17, 15) is 0 Å². The van der Waals surface area contributed by atoms with Crippen LogP contribution in [0.15, 0.2) is 73.3 Å². The van der Waals surface area contributed by atoms with Crippen molar-refractivity contribution in [3.63, 3.8) is 0 Å². The lowest BCUT2D eigenvalue weighted by molar-refractivity contribution is 0.321. The number of allylic oxidation sites excluding steroid dienone is 1. The molecular formula is C17H19ClOSi. The maximum absolute atomic E-state index is 6.96. The van der Waals surface area contributed by atoms with Crippen LogP contribution in [0.25, 0.3) is 0 Å². The third-order valence-electron chi connectivity index (χ3n) is 3.14. The fourth-order valence-electron chi connectivity index (χ4n) is 2.08. The molecule has 20 heavy (non-hydrogen) atoms. The van der Waals surface area contributed by atoms with Gasteiger partial charge in [-0.1, -0.05) is 66.7 Å². The normalized spacial score (nSPS) is 11.2. The van der Waals surface area contributed by atoms with Gasteiger partial charge in [-0.3, -0.25) is 0 Å². The first-order valence-electron chi connectivity index (χ1n) is 6.82. The predicted octanol–water partition coefficient (Wildman–Crippen LogP) is 3.46. The molecule has 0 spiro atoms. The lowest BCUT2D eigenvalue weighted by Gasteiger charge is -2.25. The minimum Gasteiger partial charge on any atom is -0.397 e. The first kappa shape index (κ1) is 15.0. The van der Waals surface area contributed by atoms with Crippen LogP contribution in [0.5, 0.6) is 0 Å². The van der Waals surface area contributed by atoms with Crippen molar-refractivity contribution in [1.82, 2.24) is 0 Å². The second kappa shape index (κ2) is 7.43. The smallest absolute Gasteiger partial charge is 0.355 e. The summed E-state index contributed by atoms with van der Waals surface area (Å²) in [5, 5.41) is 2.18. The molecule has 104 valence electrons. The predicted molar refractivity (Wildman–Crippen MR) is 89.1 cm³/mol. The van der Waals surface area contributed by atoms with Crippen molar-refractivity contribution in [2.24, 2.45) is 0 Å². The monoisotopic (exact) mass is 302 g/mol. The zero-order chi connectivity index (χ0) is 14.3. The molecule has 0 aliphatic heterocycles. The van der Waals surface area contributed by atoms with E-state index < -0.39 is 7.63 Å². The maximum atomic E-state index is 6.96. The summed E-state index contributed by atoms with van der Waals surface area (Å²) in [4.78, 5) is 0. The quantitative estimate of drug-likeness (QED) is 0.329. The van der Waals surface area contributed by atoms with E-state index in [1.807, 2.05) is 42.5 Å². The lowest BCUT2D eigenvalue weighted by atomic mass is 10.3. The minimum absolute atomic E-state index is 0.658. The van der Waals surface area contributed by atoms with Crippen LogP contribution in [0.4, 0.5) is 0 Å². The van der Waals surface area contributed by atoms with Crippen LogP contribution in [0.1, 0.15) is 12.8 Å². The van der Waals surface area contributed by atoms with E-state index >= 15 is 0 Å².